The van der Waals surface area contributed by atoms with E-state index in [-0.39, 0.29) is 50.2 Å². The number of hydrogen-bond acceptors (Lipinski definition) is 8. The summed E-state index contributed by atoms with van der Waals surface area (Å²) in [7, 11) is -4.26. The van der Waals surface area contributed by atoms with Gasteiger partial charge in [0.1, 0.15) is 18.3 Å². The van der Waals surface area contributed by atoms with Crippen molar-refractivity contribution in [2.24, 2.45) is 0 Å². The van der Waals surface area contributed by atoms with E-state index >= 15 is 0 Å². The minimum Gasteiger partial charge on any atom is -0.375 e. The summed E-state index contributed by atoms with van der Waals surface area (Å²) in [6.07, 6.45) is -2.30. The predicted molar refractivity (Wildman–Crippen MR) is 192 cm³/mol. The van der Waals surface area contributed by atoms with Crippen molar-refractivity contribution >= 4 is 15.7 Å². The maximum absolute atomic E-state index is 14.6. The van der Waals surface area contributed by atoms with Crippen LogP contribution in [-0.2, 0) is 55.4 Å². The predicted octanol–water partition coefficient (Wildman–Crippen LogP) is 6.94. The van der Waals surface area contributed by atoms with E-state index in [0.29, 0.717) is 0 Å². The van der Waals surface area contributed by atoms with Crippen LogP contribution < -0.4 is 0 Å². The first kappa shape index (κ1) is 36.1. The van der Waals surface area contributed by atoms with Crippen LogP contribution in [0.25, 0.3) is 0 Å². The summed E-state index contributed by atoms with van der Waals surface area (Å²) in [5.74, 6) is 0. The lowest BCUT2D eigenvalue weighted by Crippen LogP contribution is -2.65. The summed E-state index contributed by atoms with van der Waals surface area (Å²) in [5, 5.41) is 11.4. The third kappa shape index (κ3) is 9.53. The molecule has 5 aromatic rings. The van der Waals surface area contributed by atoms with Crippen molar-refractivity contribution in [3.8, 4) is 0 Å². The number of ether oxygens (including phenoxy) is 4. The Labute approximate surface area is 298 Å². The standard InChI is InChI=1S/C40H40N2O8S/c43-42(44)35-21-23-36(24-22-35)51(45,46)41-25-38(48-27-32-15-7-2-8-16-32)40(50-29-34-19-11-4-12-20-34)39(49-28-33-17-9-3-10-18-33)37(41)30-47-26-31-13-5-1-6-14-31/h1-24,37-40H,25-30H2/t37-,38+,39+,40+/m0/s1. The molecule has 5 aromatic carbocycles. The molecule has 4 atom stereocenters. The minimum absolute atomic E-state index is 0.0167. The Morgan fingerprint density at radius 1 is 0.588 bits per heavy atom. The highest BCUT2D eigenvalue weighted by Gasteiger charge is 2.50. The lowest BCUT2D eigenvalue weighted by molar-refractivity contribution is -0.384. The van der Waals surface area contributed by atoms with Gasteiger partial charge in [0.25, 0.3) is 5.69 Å². The van der Waals surface area contributed by atoms with Crippen molar-refractivity contribution in [1.82, 2.24) is 4.31 Å². The summed E-state index contributed by atoms with van der Waals surface area (Å²) in [6.45, 7) is 0.797. The molecule has 11 heteroatoms. The molecule has 264 valence electrons. The number of nitro groups is 1. The molecular formula is C40H40N2O8S. The number of rotatable bonds is 16. The number of non-ortho nitro benzene ring substituents is 1. The van der Waals surface area contributed by atoms with Crippen molar-refractivity contribution in [3.05, 3.63) is 178 Å². The lowest BCUT2D eigenvalue weighted by atomic mass is 9.95. The van der Waals surface area contributed by atoms with E-state index in [9.17, 15) is 18.5 Å². The Morgan fingerprint density at radius 3 is 1.49 bits per heavy atom. The first-order valence-electron chi connectivity index (χ1n) is 16.7. The lowest BCUT2D eigenvalue weighted by Gasteiger charge is -2.47. The molecule has 1 saturated heterocycles. The van der Waals surface area contributed by atoms with Crippen LogP contribution in [0.3, 0.4) is 0 Å². The van der Waals surface area contributed by atoms with Crippen molar-refractivity contribution < 1.29 is 32.3 Å². The van der Waals surface area contributed by atoms with Crippen molar-refractivity contribution in [1.29, 1.82) is 0 Å². The van der Waals surface area contributed by atoms with Gasteiger partial charge in [-0.15, -0.1) is 0 Å². The summed E-state index contributed by atoms with van der Waals surface area (Å²) < 4.78 is 56.7. The molecule has 51 heavy (non-hydrogen) atoms. The Bertz CT molecular complexity index is 1920. The quantitative estimate of drug-likeness (QED) is 0.0800. The Kier molecular flexibility index (Phi) is 12.3. The fourth-order valence-corrected chi connectivity index (χ4v) is 7.71. The maximum Gasteiger partial charge on any atom is 0.269 e. The Hall–Kier alpha value is -4.75. The number of piperidine rings is 1. The first-order valence-corrected chi connectivity index (χ1v) is 18.2. The first-order chi connectivity index (χ1) is 24.9. The number of nitrogens with zero attached hydrogens (tertiary/aromatic N) is 2. The molecule has 0 saturated carbocycles. The van der Waals surface area contributed by atoms with Gasteiger partial charge in [0.2, 0.25) is 10.0 Å². The van der Waals surface area contributed by atoms with Gasteiger partial charge in [-0.2, -0.15) is 4.31 Å². The van der Waals surface area contributed by atoms with Crippen LogP contribution in [0.15, 0.2) is 150 Å². The van der Waals surface area contributed by atoms with Crippen molar-refractivity contribution in [2.75, 3.05) is 13.2 Å². The van der Waals surface area contributed by atoms with Crippen LogP contribution >= 0.6 is 0 Å². The van der Waals surface area contributed by atoms with Gasteiger partial charge in [-0.25, -0.2) is 8.42 Å². The molecule has 0 unspecified atom stereocenters. The van der Waals surface area contributed by atoms with E-state index in [1.54, 1.807) is 0 Å². The molecule has 1 aliphatic heterocycles. The van der Waals surface area contributed by atoms with Gasteiger partial charge in [0.05, 0.1) is 48.9 Å². The second-order valence-electron chi connectivity index (χ2n) is 12.3. The second-order valence-corrected chi connectivity index (χ2v) is 14.1. The SMILES string of the molecule is O=[N+]([O-])c1ccc(S(=O)(=O)N2C[C@@H](OCc3ccccc3)[C@@H](OCc3ccccc3)[C@H](OCc3ccccc3)[C@@H]2COCc2ccccc2)cc1. The second kappa shape index (κ2) is 17.5. The molecule has 10 nitrogen and oxygen atoms in total. The topological polar surface area (TPSA) is 117 Å². The van der Waals surface area contributed by atoms with Crippen LogP contribution in [0.1, 0.15) is 22.3 Å². The van der Waals surface area contributed by atoms with E-state index in [0.717, 1.165) is 22.3 Å². The average molecular weight is 709 g/mol. The molecule has 1 fully saturated rings. The fraction of sp³-hybridized carbons (Fsp3) is 0.250. The van der Waals surface area contributed by atoms with Gasteiger partial charge in [0.15, 0.2) is 0 Å². The molecule has 0 N–H and O–H groups in total. The largest absolute Gasteiger partial charge is 0.375 e. The van der Waals surface area contributed by atoms with Crippen molar-refractivity contribution in [3.63, 3.8) is 0 Å². The van der Waals surface area contributed by atoms with Gasteiger partial charge >= 0.3 is 0 Å². The monoisotopic (exact) mass is 708 g/mol. The maximum atomic E-state index is 14.6. The van der Waals surface area contributed by atoms with Crippen LogP contribution in [0.5, 0.6) is 0 Å². The van der Waals surface area contributed by atoms with E-state index in [2.05, 4.69) is 0 Å². The summed E-state index contributed by atoms with van der Waals surface area (Å²) in [4.78, 5) is 10.7. The van der Waals surface area contributed by atoms with Gasteiger partial charge in [0, 0.05) is 18.7 Å². The molecule has 1 aliphatic rings. The number of hydrogen-bond donors (Lipinski definition) is 0. The Morgan fingerprint density at radius 2 is 1.02 bits per heavy atom. The number of sulfonamides is 1. The van der Waals surface area contributed by atoms with E-state index in [4.69, 9.17) is 18.9 Å². The minimum atomic E-state index is -4.26. The van der Waals surface area contributed by atoms with Gasteiger partial charge in [-0.1, -0.05) is 121 Å². The highest BCUT2D eigenvalue weighted by atomic mass is 32.2. The van der Waals surface area contributed by atoms with Crippen molar-refractivity contribution in [2.45, 2.75) is 55.7 Å². The molecule has 0 aliphatic carbocycles. The Balaban J connectivity index is 1.39. The van der Waals surface area contributed by atoms with Gasteiger partial charge in [-0.3, -0.25) is 10.1 Å². The zero-order chi connectivity index (χ0) is 35.5. The van der Waals surface area contributed by atoms with Gasteiger partial charge in [-0.05, 0) is 34.4 Å². The smallest absolute Gasteiger partial charge is 0.269 e. The van der Waals surface area contributed by atoms with Crippen LogP contribution in [0.4, 0.5) is 5.69 Å². The highest BCUT2D eigenvalue weighted by molar-refractivity contribution is 7.89. The molecule has 0 radical (unpaired) electrons. The van der Waals surface area contributed by atoms with E-state index < -0.39 is 39.3 Å². The molecule has 0 aromatic heterocycles. The zero-order valence-electron chi connectivity index (χ0n) is 28.0. The molecule has 0 amide bonds. The molecular weight excluding hydrogens is 669 g/mol. The third-order valence-corrected chi connectivity index (χ3v) is 10.6. The zero-order valence-corrected chi connectivity index (χ0v) is 28.8. The van der Waals surface area contributed by atoms with Crippen LogP contribution in [-0.4, -0.2) is 55.2 Å². The molecule has 0 spiro atoms. The summed E-state index contributed by atoms with van der Waals surface area (Å²) in [6, 6.07) is 42.7. The molecule has 1 heterocycles. The molecule has 0 bridgehead atoms. The average Bonchev–Trinajstić information content (AvgIpc) is 3.17. The van der Waals surface area contributed by atoms with Gasteiger partial charge < -0.3 is 18.9 Å². The summed E-state index contributed by atoms with van der Waals surface area (Å²) >= 11 is 0. The normalized spacial score (nSPS) is 19.5. The third-order valence-electron chi connectivity index (χ3n) is 8.73. The number of nitro benzene ring substituents is 1. The van der Waals surface area contributed by atoms with Crippen LogP contribution in [0, 0.1) is 10.1 Å². The van der Waals surface area contributed by atoms with E-state index in [1.165, 1.54) is 28.6 Å². The van der Waals surface area contributed by atoms with E-state index in [1.807, 2.05) is 121 Å². The molecule has 6 rings (SSSR count). The summed E-state index contributed by atoms with van der Waals surface area (Å²) in [5.41, 5.74) is 3.48. The number of benzene rings is 5. The van der Waals surface area contributed by atoms with Crippen LogP contribution in [0.2, 0.25) is 0 Å². The fourth-order valence-electron chi connectivity index (χ4n) is 6.08. The highest BCUT2D eigenvalue weighted by Crippen LogP contribution is 2.33.